The fraction of sp³-hybridized carbons (Fsp3) is 0.167. The molecule has 0 aliphatic rings. The molecular formula is C6H6O2S2. The molecule has 1 rings (SSSR count). The second-order valence-electron chi connectivity index (χ2n) is 1.63. The van der Waals surface area contributed by atoms with E-state index in [0.29, 0.717) is 5.56 Å². The molecule has 1 N–H and O–H groups in total. The molecule has 1 heterocycles. The second-order valence-corrected chi connectivity index (χ2v) is 3.62. The fourth-order valence-electron chi connectivity index (χ4n) is 0.612. The molecule has 1 aromatic heterocycles. The molecule has 0 aliphatic carbocycles. The standard InChI is InChI=1S/C6H6O2S2/c1-9-6-4(5(7)8)2-3-10-6/h2-3H,1H3,(H,7,8). The van der Waals surface area contributed by atoms with Crippen molar-refractivity contribution in [2.75, 3.05) is 6.26 Å². The molecule has 10 heavy (non-hydrogen) atoms. The Morgan fingerprint density at radius 2 is 2.50 bits per heavy atom. The number of aromatic carboxylic acids is 1. The van der Waals surface area contributed by atoms with Crippen molar-refractivity contribution in [1.29, 1.82) is 0 Å². The average Bonchev–Trinajstić information content (AvgIpc) is 2.33. The summed E-state index contributed by atoms with van der Waals surface area (Å²) in [6, 6.07) is 1.62. The number of thiophene rings is 1. The van der Waals surface area contributed by atoms with Gasteiger partial charge < -0.3 is 5.11 Å². The molecule has 0 aromatic carbocycles. The minimum absolute atomic E-state index is 0.414. The number of rotatable bonds is 2. The molecule has 0 saturated heterocycles. The molecule has 4 heteroatoms. The first kappa shape index (κ1) is 7.63. The lowest BCUT2D eigenvalue weighted by Gasteiger charge is -1.90. The molecule has 0 aliphatic heterocycles. The van der Waals surface area contributed by atoms with Crippen molar-refractivity contribution in [3.8, 4) is 0 Å². The van der Waals surface area contributed by atoms with Gasteiger partial charge in [0.25, 0.3) is 0 Å². The van der Waals surface area contributed by atoms with E-state index in [1.807, 2.05) is 6.26 Å². The van der Waals surface area contributed by atoms with Crippen molar-refractivity contribution in [3.63, 3.8) is 0 Å². The number of thioether (sulfide) groups is 1. The molecule has 0 amide bonds. The van der Waals surface area contributed by atoms with Gasteiger partial charge in [-0.3, -0.25) is 0 Å². The Balaban J connectivity index is 3.01. The minimum Gasteiger partial charge on any atom is -0.478 e. The van der Waals surface area contributed by atoms with Crippen molar-refractivity contribution < 1.29 is 9.90 Å². The third kappa shape index (κ3) is 1.33. The van der Waals surface area contributed by atoms with Gasteiger partial charge in [-0.1, -0.05) is 0 Å². The van der Waals surface area contributed by atoms with Crippen LogP contribution in [0.5, 0.6) is 0 Å². The highest BCUT2D eigenvalue weighted by molar-refractivity contribution is 8.00. The van der Waals surface area contributed by atoms with Gasteiger partial charge in [-0.05, 0) is 17.7 Å². The maximum Gasteiger partial charge on any atom is 0.337 e. The third-order valence-corrected chi connectivity index (χ3v) is 3.13. The highest BCUT2D eigenvalue weighted by Gasteiger charge is 2.08. The lowest BCUT2D eigenvalue weighted by molar-refractivity contribution is 0.0694. The van der Waals surface area contributed by atoms with Crippen molar-refractivity contribution in [2.24, 2.45) is 0 Å². The van der Waals surface area contributed by atoms with Gasteiger partial charge in [-0.25, -0.2) is 4.79 Å². The quantitative estimate of drug-likeness (QED) is 0.698. The van der Waals surface area contributed by atoms with E-state index in [1.165, 1.54) is 23.1 Å². The van der Waals surface area contributed by atoms with Gasteiger partial charge in [0.15, 0.2) is 0 Å². The zero-order valence-corrected chi connectivity index (χ0v) is 6.96. The third-order valence-electron chi connectivity index (χ3n) is 1.05. The maximum absolute atomic E-state index is 10.4. The Bertz CT molecular complexity index is 242. The molecule has 1 aromatic rings. The zero-order valence-electron chi connectivity index (χ0n) is 5.33. The predicted molar refractivity (Wildman–Crippen MR) is 43.1 cm³/mol. The molecule has 0 radical (unpaired) electrons. The van der Waals surface area contributed by atoms with Crippen LogP contribution in [0.25, 0.3) is 0 Å². The Kier molecular flexibility index (Phi) is 2.34. The van der Waals surface area contributed by atoms with Crippen LogP contribution in [0.4, 0.5) is 0 Å². The van der Waals surface area contributed by atoms with Gasteiger partial charge in [-0.15, -0.1) is 23.1 Å². The van der Waals surface area contributed by atoms with E-state index in [1.54, 1.807) is 11.4 Å². The van der Waals surface area contributed by atoms with Crippen LogP contribution < -0.4 is 0 Å². The van der Waals surface area contributed by atoms with Crippen LogP contribution in [0.1, 0.15) is 10.4 Å². The topological polar surface area (TPSA) is 37.3 Å². The van der Waals surface area contributed by atoms with Gasteiger partial charge in [0, 0.05) is 0 Å². The average molecular weight is 174 g/mol. The van der Waals surface area contributed by atoms with Crippen LogP contribution in [-0.4, -0.2) is 17.3 Å². The van der Waals surface area contributed by atoms with E-state index in [-0.39, 0.29) is 0 Å². The number of hydrogen-bond acceptors (Lipinski definition) is 3. The fourth-order valence-corrected chi connectivity index (χ4v) is 2.15. The molecule has 0 saturated carbocycles. The zero-order chi connectivity index (χ0) is 7.56. The summed E-state index contributed by atoms with van der Waals surface area (Å²) in [6.45, 7) is 0. The highest BCUT2D eigenvalue weighted by atomic mass is 32.2. The summed E-state index contributed by atoms with van der Waals surface area (Å²) in [5.41, 5.74) is 0.414. The molecule has 0 atom stereocenters. The van der Waals surface area contributed by atoms with Crippen molar-refractivity contribution in [3.05, 3.63) is 17.0 Å². The van der Waals surface area contributed by atoms with Gasteiger partial charge >= 0.3 is 5.97 Å². The molecule has 0 bridgehead atoms. The smallest absolute Gasteiger partial charge is 0.337 e. The van der Waals surface area contributed by atoms with Crippen LogP contribution in [0.3, 0.4) is 0 Å². The van der Waals surface area contributed by atoms with Crippen molar-refractivity contribution >= 4 is 29.1 Å². The molecule has 54 valence electrons. The lowest BCUT2D eigenvalue weighted by Crippen LogP contribution is -1.93. The Morgan fingerprint density at radius 1 is 1.80 bits per heavy atom. The molecule has 2 nitrogen and oxygen atoms in total. The number of carboxylic acid groups (broad SMARTS) is 1. The lowest BCUT2D eigenvalue weighted by atomic mass is 10.4. The van der Waals surface area contributed by atoms with E-state index >= 15 is 0 Å². The summed E-state index contributed by atoms with van der Waals surface area (Å²) in [5.74, 6) is -0.842. The van der Waals surface area contributed by atoms with Gasteiger partial charge in [0.1, 0.15) is 0 Å². The normalized spacial score (nSPS) is 9.70. The van der Waals surface area contributed by atoms with Crippen LogP contribution in [0, 0.1) is 0 Å². The molecule has 0 spiro atoms. The first-order valence-corrected chi connectivity index (χ1v) is 4.71. The number of carbonyl (C=O) groups is 1. The van der Waals surface area contributed by atoms with Crippen molar-refractivity contribution in [2.45, 2.75) is 4.21 Å². The van der Waals surface area contributed by atoms with Gasteiger partial charge in [0.2, 0.25) is 0 Å². The number of hydrogen-bond donors (Lipinski definition) is 1. The van der Waals surface area contributed by atoms with Crippen LogP contribution >= 0.6 is 23.1 Å². The van der Waals surface area contributed by atoms with Crippen molar-refractivity contribution in [1.82, 2.24) is 0 Å². The Hall–Kier alpha value is -0.480. The maximum atomic E-state index is 10.4. The molecular weight excluding hydrogens is 168 g/mol. The highest BCUT2D eigenvalue weighted by Crippen LogP contribution is 2.26. The molecule has 0 fully saturated rings. The van der Waals surface area contributed by atoms with Gasteiger partial charge in [-0.2, -0.15) is 0 Å². The first-order valence-electron chi connectivity index (χ1n) is 2.60. The van der Waals surface area contributed by atoms with Crippen LogP contribution in [0.15, 0.2) is 15.7 Å². The van der Waals surface area contributed by atoms with Gasteiger partial charge in [0.05, 0.1) is 9.77 Å². The SMILES string of the molecule is CSc1sccc1C(=O)O. The minimum atomic E-state index is -0.842. The number of carboxylic acids is 1. The Labute approximate surface area is 66.9 Å². The summed E-state index contributed by atoms with van der Waals surface area (Å²) in [7, 11) is 0. The van der Waals surface area contributed by atoms with E-state index < -0.39 is 5.97 Å². The largest absolute Gasteiger partial charge is 0.478 e. The van der Waals surface area contributed by atoms with E-state index in [4.69, 9.17) is 5.11 Å². The molecule has 0 unspecified atom stereocenters. The van der Waals surface area contributed by atoms with Crippen LogP contribution in [-0.2, 0) is 0 Å². The summed E-state index contributed by atoms with van der Waals surface area (Å²) >= 11 is 2.93. The summed E-state index contributed by atoms with van der Waals surface area (Å²) in [6.07, 6.45) is 1.87. The van der Waals surface area contributed by atoms with E-state index in [9.17, 15) is 4.79 Å². The summed E-state index contributed by atoms with van der Waals surface area (Å²) in [4.78, 5) is 10.4. The second kappa shape index (κ2) is 3.07. The van der Waals surface area contributed by atoms with Crippen LogP contribution in [0.2, 0.25) is 0 Å². The summed E-state index contributed by atoms with van der Waals surface area (Å²) < 4.78 is 0.868. The van der Waals surface area contributed by atoms with E-state index in [0.717, 1.165) is 4.21 Å². The predicted octanol–water partition coefficient (Wildman–Crippen LogP) is 2.17. The van der Waals surface area contributed by atoms with E-state index in [2.05, 4.69) is 0 Å². The first-order chi connectivity index (χ1) is 4.75. The monoisotopic (exact) mass is 174 g/mol. The summed E-state index contributed by atoms with van der Waals surface area (Å²) in [5, 5.41) is 10.4. The Morgan fingerprint density at radius 3 is 2.90 bits per heavy atom.